The van der Waals surface area contributed by atoms with Gasteiger partial charge in [0.05, 0.1) is 0 Å². The van der Waals surface area contributed by atoms with E-state index in [-0.39, 0.29) is 0 Å². The highest BCUT2D eigenvalue weighted by Gasteiger charge is 2.14. The molecule has 12 rings (SSSR count). The molecule has 0 unspecified atom stereocenters. The average molecular weight is 966 g/mol. The third-order valence-electron chi connectivity index (χ3n) is 13.3. The fourth-order valence-electron chi connectivity index (χ4n) is 9.28. The molecule has 1 heteroatoms. The van der Waals surface area contributed by atoms with Gasteiger partial charge in [-0.2, -0.15) is 0 Å². The molecule has 0 saturated carbocycles. The van der Waals surface area contributed by atoms with Crippen LogP contribution in [0, 0.1) is 20.8 Å². The Balaban J connectivity index is 0.000000134. The molecule has 0 amide bonds. The second-order valence-corrected chi connectivity index (χ2v) is 19.2. The van der Waals surface area contributed by atoms with E-state index in [0.717, 1.165) is 0 Å². The van der Waals surface area contributed by atoms with Gasteiger partial charge < -0.3 is 5.32 Å². The Bertz CT molecular complexity index is 2820. The largest absolute Gasteiger partial charge is 0.323 e. The SMILES string of the molecule is C1=CCCC(c2cccc3c2C=CCC3)=C1.C1=CCCC(c2cccc3c2C=CCC3)=C1.CNC.Cc1ccc(-c2ccccc2)cc1.Cc1ccc(-c2ccccc2)cc1.Cc1ccc(-c2ccccc2)cc1. The van der Waals surface area contributed by atoms with Gasteiger partial charge in [0, 0.05) is 0 Å². The van der Waals surface area contributed by atoms with Gasteiger partial charge in [0.25, 0.3) is 0 Å². The van der Waals surface area contributed by atoms with Gasteiger partial charge in [-0.1, -0.05) is 278 Å². The summed E-state index contributed by atoms with van der Waals surface area (Å²) in [7, 11) is 3.75. The van der Waals surface area contributed by atoms with Crippen molar-refractivity contribution in [3.05, 3.63) is 299 Å². The number of allylic oxidation sites excluding steroid dienone is 10. The van der Waals surface area contributed by atoms with Gasteiger partial charge in [-0.05, 0) is 164 Å². The zero-order valence-electron chi connectivity index (χ0n) is 44.5. The molecule has 74 heavy (non-hydrogen) atoms. The summed E-state index contributed by atoms with van der Waals surface area (Å²) in [5.74, 6) is 0. The van der Waals surface area contributed by atoms with E-state index in [1.807, 2.05) is 32.3 Å². The van der Waals surface area contributed by atoms with Gasteiger partial charge in [0.15, 0.2) is 0 Å². The fourth-order valence-corrected chi connectivity index (χ4v) is 9.28. The highest BCUT2D eigenvalue weighted by molar-refractivity contribution is 5.79. The van der Waals surface area contributed by atoms with Crippen molar-refractivity contribution in [1.29, 1.82) is 0 Å². The van der Waals surface area contributed by atoms with Crippen LogP contribution in [-0.2, 0) is 12.8 Å². The lowest BCUT2D eigenvalue weighted by Gasteiger charge is -2.17. The number of benzene rings is 8. The maximum absolute atomic E-state index is 2.75. The van der Waals surface area contributed by atoms with Crippen LogP contribution in [0.1, 0.15) is 88.6 Å². The summed E-state index contributed by atoms with van der Waals surface area (Å²) in [5, 5.41) is 2.75. The van der Waals surface area contributed by atoms with Crippen molar-refractivity contribution in [2.24, 2.45) is 0 Å². The minimum Gasteiger partial charge on any atom is -0.323 e. The highest BCUT2D eigenvalue weighted by Crippen LogP contribution is 2.33. The van der Waals surface area contributed by atoms with E-state index in [2.05, 4.69) is 269 Å². The van der Waals surface area contributed by atoms with Crippen LogP contribution >= 0.6 is 0 Å². The lowest BCUT2D eigenvalue weighted by atomic mass is 9.87. The molecule has 0 aromatic heterocycles. The molecule has 0 bridgehead atoms. The fraction of sp³-hybridized carbons (Fsp3) is 0.178. The van der Waals surface area contributed by atoms with Gasteiger partial charge in [-0.3, -0.25) is 0 Å². The molecule has 8 aromatic rings. The maximum Gasteiger partial charge on any atom is -0.0149 e. The van der Waals surface area contributed by atoms with Crippen molar-refractivity contribution in [3.8, 4) is 33.4 Å². The minimum absolute atomic E-state index is 1.18. The first-order valence-electron chi connectivity index (χ1n) is 26.6. The van der Waals surface area contributed by atoms with E-state index in [9.17, 15) is 0 Å². The van der Waals surface area contributed by atoms with E-state index in [1.54, 1.807) is 0 Å². The monoisotopic (exact) mass is 966 g/mol. The van der Waals surface area contributed by atoms with Crippen LogP contribution in [0.4, 0.5) is 0 Å². The highest BCUT2D eigenvalue weighted by atomic mass is 14.7. The molecule has 0 atom stereocenters. The summed E-state index contributed by atoms with van der Waals surface area (Å²) < 4.78 is 0. The van der Waals surface area contributed by atoms with Gasteiger partial charge in [0.2, 0.25) is 0 Å². The van der Waals surface area contributed by atoms with Gasteiger partial charge >= 0.3 is 0 Å². The number of hydrogen-bond acceptors (Lipinski definition) is 1. The number of hydrogen-bond donors (Lipinski definition) is 1. The van der Waals surface area contributed by atoms with Crippen LogP contribution in [0.2, 0.25) is 0 Å². The minimum atomic E-state index is 1.18. The normalized spacial score (nSPS) is 13.3. The van der Waals surface area contributed by atoms with Crippen LogP contribution in [-0.4, -0.2) is 14.1 Å². The Hall–Kier alpha value is -7.84. The summed E-state index contributed by atoms with van der Waals surface area (Å²) in [6.45, 7) is 6.32. The quantitative estimate of drug-likeness (QED) is 0.181. The Morgan fingerprint density at radius 3 is 0.892 bits per heavy atom. The smallest absolute Gasteiger partial charge is 0.0149 e. The van der Waals surface area contributed by atoms with Crippen LogP contribution in [0.3, 0.4) is 0 Å². The van der Waals surface area contributed by atoms with E-state index in [1.165, 1.54) is 146 Å². The summed E-state index contributed by atoms with van der Waals surface area (Å²) in [4.78, 5) is 0. The Morgan fingerprint density at radius 1 is 0.297 bits per heavy atom. The summed E-state index contributed by atoms with van der Waals surface area (Å²) >= 11 is 0. The maximum atomic E-state index is 2.75. The molecule has 1 N–H and O–H groups in total. The topological polar surface area (TPSA) is 12.0 Å². The van der Waals surface area contributed by atoms with Gasteiger partial charge in [-0.15, -0.1) is 0 Å². The summed E-state index contributed by atoms with van der Waals surface area (Å²) in [5.41, 5.74) is 23.4. The zero-order chi connectivity index (χ0) is 51.6. The number of nitrogens with one attached hydrogen (secondary N) is 1. The van der Waals surface area contributed by atoms with Gasteiger partial charge in [0.1, 0.15) is 0 Å². The molecule has 0 saturated heterocycles. The van der Waals surface area contributed by atoms with Crippen molar-refractivity contribution in [2.75, 3.05) is 14.1 Å². The first-order valence-corrected chi connectivity index (χ1v) is 26.6. The third-order valence-corrected chi connectivity index (χ3v) is 13.3. The van der Waals surface area contributed by atoms with Crippen molar-refractivity contribution < 1.29 is 0 Å². The first kappa shape index (κ1) is 53.9. The molecule has 8 aromatic carbocycles. The van der Waals surface area contributed by atoms with Crippen LogP contribution < -0.4 is 5.32 Å². The first-order chi connectivity index (χ1) is 36.4. The zero-order valence-corrected chi connectivity index (χ0v) is 44.5. The van der Waals surface area contributed by atoms with E-state index >= 15 is 0 Å². The van der Waals surface area contributed by atoms with Crippen LogP contribution in [0.5, 0.6) is 0 Å². The lowest BCUT2D eigenvalue weighted by molar-refractivity contribution is 0.980. The predicted molar refractivity (Wildman–Crippen MR) is 325 cm³/mol. The molecule has 0 spiro atoms. The molecular formula is C73H75N. The van der Waals surface area contributed by atoms with E-state index in [0.29, 0.717) is 0 Å². The molecule has 0 heterocycles. The van der Waals surface area contributed by atoms with E-state index < -0.39 is 0 Å². The van der Waals surface area contributed by atoms with Gasteiger partial charge in [-0.25, -0.2) is 0 Å². The molecular weight excluding hydrogens is 891 g/mol. The van der Waals surface area contributed by atoms with Crippen LogP contribution in [0.25, 0.3) is 56.7 Å². The van der Waals surface area contributed by atoms with Crippen LogP contribution in [0.15, 0.2) is 249 Å². The summed E-state index contributed by atoms with van der Waals surface area (Å²) in [6, 6.07) is 70.5. The molecule has 1 nitrogen and oxygen atoms in total. The standard InChI is InChI=1S/2C16H16.3C13H12.C2H7N/c2*1-2-7-13(8-3-1)16-12-6-10-14-9-4-5-11-15(14)16;3*1-11-7-9-13(10-8-11)12-5-3-2-4-6-12;1-3-2/h2*1-2,5-7,10-12H,3-4,8-9H2;3*2-10H,1H3;3H,1-2H3. The van der Waals surface area contributed by atoms with Crippen molar-refractivity contribution in [1.82, 2.24) is 5.32 Å². The molecule has 0 radical (unpaired) electrons. The van der Waals surface area contributed by atoms with Crippen molar-refractivity contribution in [2.45, 2.75) is 72.1 Å². The Labute approximate surface area is 444 Å². The predicted octanol–water partition coefficient (Wildman–Crippen LogP) is 19.6. The molecule has 0 fully saturated rings. The number of aryl methyl sites for hydroxylation is 5. The number of rotatable bonds is 5. The lowest BCUT2D eigenvalue weighted by Crippen LogP contribution is -1.99. The Kier molecular flexibility index (Phi) is 21.6. The molecule has 4 aliphatic carbocycles. The molecule has 0 aliphatic heterocycles. The second kappa shape index (κ2) is 29.6. The van der Waals surface area contributed by atoms with Crippen molar-refractivity contribution >= 4 is 23.3 Å². The number of fused-ring (bicyclic) bond motifs is 2. The third kappa shape index (κ3) is 16.6. The molecule has 372 valence electrons. The second-order valence-electron chi connectivity index (χ2n) is 19.2. The van der Waals surface area contributed by atoms with Crippen molar-refractivity contribution in [3.63, 3.8) is 0 Å². The Morgan fingerprint density at radius 2 is 0.595 bits per heavy atom. The summed E-state index contributed by atoms with van der Waals surface area (Å²) in [6.07, 6.45) is 32.1. The van der Waals surface area contributed by atoms with E-state index in [4.69, 9.17) is 0 Å². The average Bonchev–Trinajstić information content (AvgIpc) is 3.47. The molecule has 4 aliphatic rings.